The topological polar surface area (TPSA) is 79.2 Å². The summed E-state index contributed by atoms with van der Waals surface area (Å²) in [7, 11) is 0. The molecule has 5 unspecified atom stereocenters. The zero-order valence-corrected chi connectivity index (χ0v) is 13.8. The normalized spacial score (nSPS) is 32.8. The average Bonchev–Trinajstić information content (AvgIpc) is 3.05. The second kappa shape index (κ2) is 7.56. The van der Waals surface area contributed by atoms with Crippen LogP contribution >= 0.6 is 0 Å². The maximum absolute atomic E-state index is 12.7. The number of rotatable bonds is 5. The Hall–Kier alpha value is -1.61. The van der Waals surface area contributed by atoms with E-state index in [1.807, 2.05) is 0 Å². The Balaban J connectivity index is 1.54. The Labute approximate surface area is 148 Å². The van der Waals surface area contributed by atoms with Crippen molar-refractivity contribution in [2.45, 2.75) is 43.6 Å². The highest BCUT2D eigenvalue weighted by Gasteiger charge is 2.47. The first-order valence-electron chi connectivity index (χ1n) is 8.42. The SMILES string of the molecule is OC(/C=C/[C@H]1C(O)CC2OC(O)CC21)COc1cccc(C(F)(F)F)c1. The van der Waals surface area contributed by atoms with Crippen LogP contribution < -0.4 is 4.74 Å². The van der Waals surface area contributed by atoms with E-state index in [0.717, 1.165) is 12.1 Å². The van der Waals surface area contributed by atoms with Crippen LogP contribution in [-0.2, 0) is 10.9 Å². The predicted molar refractivity (Wildman–Crippen MR) is 85.2 cm³/mol. The van der Waals surface area contributed by atoms with E-state index in [2.05, 4.69) is 0 Å². The maximum Gasteiger partial charge on any atom is 0.416 e. The van der Waals surface area contributed by atoms with Gasteiger partial charge in [0.2, 0.25) is 0 Å². The first kappa shape index (κ1) is 19.2. The van der Waals surface area contributed by atoms with Gasteiger partial charge in [0.05, 0.1) is 17.8 Å². The van der Waals surface area contributed by atoms with E-state index in [9.17, 15) is 28.5 Å². The van der Waals surface area contributed by atoms with Crippen molar-refractivity contribution >= 4 is 0 Å². The van der Waals surface area contributed by atoms with Gasteiger partial charge in [-0.2, -0.15) is 13.2 Å². The van der Waals surface area contributed by atoms with Gasteiger partial charge in [-0.05, 0) is 24.1 Å². The van der Waals surface area contributed by atoms with Crippen molar-refractivity contribution in [1.29, 1.82) is 0 Å². The van der Waals surface area contributed by atoms with E-state index in [1.54, 1.807) is 6.08 Å². The number of hydrogen-bond donors (Lipinski definition) is 3. The van der Waals surface area contributed by atoms with Crippen LogP contribution in [0.1, 0.15) is 18.4 Å². The molecule has 1 saturated carbocycles. The fraction of sp³-hybridized carbons (Fsp3) is 0.556. The average molecular weight is 374 g/mol. The maximum atomic E-state index is 12.7. The van der Waals surface area contributed by atoms with Crippen LogP contribution in [0.2, 0.25) is 0 Å². The Kier molecular flexibility index (Phi) is 5.57. The summed E-state index contributed by atoms with van der Waals surface area (Å²) in [6.45, 7) is -0.214. The molecule has 8 heteroatoms. The van der Waals surface area contributed by atoms with Gasteiger partial charge in [-0.1, -0.05) is 18.2 Å². The van der Waals surface area contributed by atoms with Gasteiger partial charge in [0.15, 0.2) is 6.29 Å². The molecule has 0 spiro atoms. The summed E-state index contributed by atoms with van der Waals surface area (Å²) in [6, 6.07) is 4.44. The molecule has 1 aliphatic carbocycles. The van der Waals surface area contributed by atoms with E-state index in [-0.39, 0.29) is 30.3 Å². The van der Waals surface area contributed by atoms with Gasteiger partial charge in [0.1, 0.15) is 18.5 Å². The molecule has 1 saturated heterocycles. The highest BCUT2D eigenvalue weighted by atomic mass is 19.4. The van der Waals surface area contributed by atoms with Crippen molar-refractivity contribution in [3.63, 3.8) is 0 Å². The number of hydrogen-bond acceptors (Lipinski definition) is 5. The minimum Gasteiger partial charge on any atom is -0.491 e. The molecule has 1 aliphatic heterocycles. The van der Waals surface area contributed by atoms with E-state index in [0.29, 0.717) is 12.8 Å². The second-order valence-electron chi connectivity index (χ2n) is 6.70. The third kappa shape index (κ3) is 4.37. The first-order chi connectivity index (χ1) is 12.2. The molecule has 26 heavy (non-hydrogen) atoms. The summed E-state index contributed by atoms with van der Waals surface area (Å²) in [6.07, 6.45) is -3.18. The smallest absolute Gasteiger partial charge is 0.416 e. The van der Waals surface area contributed by atoms with Crippen LogP contribution in [0.15, 0.2) is 36.4 Å². The lowest BCUT2D eigenvalue weighted by Crippen LogP contribution is -2.20. The summed E-state index contributed by atoms with van der Waals surface area (Å²) in [5.41, 5.74) is -0.819. The number of benzene rings is 1. The standard InChI is InChI=1S/C18H21F3O5/c19-18(20,21)10-2-1-3-12(6-10)25-9-11(22)4-5-13-14-7-17(24)26-16(14)8-15(13)23/h1-6,11,13-17,22-24H,7-9H2/b5-4+/t11?,13-,14?,15?,16?,17?/m1/s1. The van der Waals surface area contributed by atoms with E-state index >= 15 is 0 Å². The summed E-state index contributed by atoms with van der Waals surface area (Å²) in [4.78, 5) is 0. The zero-order chi connectivity index (χ0) is 18.9. The van der Waals surface area contributed by atoms with Gasteiger partial charge in [0, 0.05) is 18.8 Å². The number of alkyl halides is 3. The number of halogens is 3. The monoisotopic (exact) mass is 374 g/mol. The Morgan fingerprint density at radius 2 is 2.04 bits per heavy atom. The van der Waals surface area contributed by atoms with Gasteiger partial charge < -0.3 is 24.8 Å². The molecule has 0 bridgehead atoms. The largest absolute Gasteiger partial charge is 0.491 e. The van der Waals surface area contributed by atoms with Crippen LogP contribution in [0.25, 0.3) is 0 Å². The molecule has 1 aromatic carbocycles. The third-order valence-corrected chi connectivity index (χ3v) is 4.83. The molecule has 1 heterocycles. The van der Waals surface area contributed by atoms with Crippen LogP contribution in [0.3, 0.4) is 0 Å². The van der Waals surface area contributed by atoms with Crippen molar-refractivity contribution in [3.8, 4) is 5.75 Å². The molecular formula is C18H21F3O5. The molecule has 6 atom stereocenters. The summed E-state index contributed by atoms with van der Waals surface area (Å²) >= 11 is 0. The summed E-state index contributed by atoms with van der Waals surface area (Å²) < 4.78 is 48.5. The van der Waals surface area contributed by atoms with Gasteiger partial charge in [-0.15, -0.1) is 0 Å². The predicted octanol–water partition coefficient (Wildman–Crippen LogP) is 2.11. The molecule has 5 nitrogen and oxygen atoms in total. The third-order valence-electron chi connectivity index (χ3n) is 4.83. The minimum atomic E-state index is -4.46. The minimum absolute atomic E-state index is 0.0144. The van der Waals surface area contributed by atoms with Crippen LogP contribution in [0.5, 0.6) is 5.75 Å². The van der Waals surface area contributed by atoms with Crippen molar-refractivity contribution in [2.24, 2.45) is 11.8 Å². The molecule has 144 valence electrons. The zero-order valence-electron chi connectivity index (χ0n) is 13.8. The van der Waals surface area contributed by atoms with E-state index in [1.165, 1.54) is 18.2 Å². The van der Waals surface area contributed by atoms with Crippen molar-refractivity contribution in [2.75, 3.05) is 6.61 Å². The highest BCUT2D eigenvalue weighted by molar-refractivity contribution is 5.30. The quantitative estimate of drug-likeness (QED) is 0.688. The number of fused-ring (bicyclic) bond motifs is 1. The molecule has 0 aromatic heterocycles. The van der Waals surface area contributed by atoms with E-state index < -0.39 is 30.2 Å². The first-order valence-corrected chi connectivity index (χ1v) is 8.42. The fourth-order valence-corrected chi connectivity index (χ4v) is 3.59. The van der Waals surface area contributed by atoms with Gasteiger partial charge >= 0.3 is 6.18 Å². The van der Waals surface area contributed by atoms with Crippen molar-refractivity contribution in [1.82, 2.24) is 0 Å². The summed E-state index contributed by atoms with van der Waals surface area (Å²) in [5.74, 6) is -0.256. The lowest BCUT2D eigenvalue weighted by atomic mass is 9.91. The van der Waals surface area contributed by atoms with Crippen molar-refractivity contribution in [3.05, 3.63) is 42.0 Å². The van der Waals surface area contributed by atoms with Crippen LogP contribution in [0, 0.1) is 11.8 Å². The second-order valence-corrected chi connectivity index (χ2v) is 6.70. The number of aliphatic hydroxyl groups is 3. The number of ether oxygens (including phenoxy) is 2. The Morgan fingerprint density at radius 1 is 1.27 bits per heavy atom. The van der Waals surface area contributed by atoms with Gasteiger partial charge in [-0.25, -0.2) is 0 Å². The Bertz CT molecular complexity index is 648. The molecule has 0 radical (unpaired) electrons. The van der Waals surface area contributed by atoms with Crippen molar-refractivity contribution < 1.29 is 38.0 Å². The molecule has 3 rings (SSSR count). The molecular weight excluding hydrogens is 353 g/mol. The van der Waals surface area contributed by atoms with Gasteiger partial charge in [0.25, 0.3) is 0 Å². The van der Waals surface area contributed by atoms with Crippen LogP contribution in [-0.4, -0.2) is 46.5 Å². The summed E-state index contributed by atoms with van der Waals surface area (Å²) in [5, 5.41) is 29.6. The lowest BCUT2D eigenvalue weighted by molar-refractivity contribution is -0.137. The fourth-order valence-electron chi connectivity index (χ4n) is 3.59. The lowest BCUT2D eigenvalue weighted by Gasteiger charge is -2.17. The molecule has 2 fully saturated rings. The molecule has 0 amide bonds. The van der Waals surface area contributed by atoms with E-state index in [4.69, 9.17) is 9.47 Å². The Morgan fingerprint density at radius 3 is 2.77 bits per heavy atom. The molecule has 3 N–H and O–H groups in total. The molecule has 1 aromatic rings. The van der Waals surface area contributed by atoms with Gasteiger partial charge in [-0.3, -0.25) is 0 Å². The molecule has 2 aliphatic rings. The van der Waals surface area contributed by atoms with Crippen LogP contribution in [0.4, 0.5) is 13.2 Å². The number of aliphatic hydroxyl groups excluding tert-OH is 3. The highest BCUT2D eigenvalue weighted by Crippen LogP contribution is 2.43.